The van der Waals surface area contributed by atoms with Gasteiger partial charge in [-0.15, -0.1) is 16.4 Å². The van der Waals surface area contributed by atoms with E-state index < -0.39 is 0 Å². The highest BCUT2D eigenvalue weighted by atomic mass is 32.1. The fraction of sp³-hybridized carbons (Fsp3) is 0.526. The summed E-state index contributed by atoms with van der Waals surface area (Å²) in [5.41, 5.74) is 2.70. The molecule has 1 aliphatic heterocycles. The van der Waals surface area contributed by atoms with Crippen LogP contribution < -0.4 is 9.64 Å². The molecule has 5 rings (SSSR count). The van der Waals surface area contributed by atoms with Crippen molar-refractivity contribution in [3.63, 3.8) is 0 Å². The second kappa shape index (κ2) is 7.95. The molecule has 9 nitrogen and oxygen atoms in total. The number of hydrogen-bond acceptors (Lipinski definition) is 10. The smallest absolute Gasteiger partial charge is 0.324 e. The van der Waals surface area contributed by atoms with E-state index in [2.05, 4.69) is 50.9 Å². The highest BCUT2D eigenvalue weighted by Crippen LogP contribution is 2.31. The Balaban J connectivity index is 1.19. The average molecular weight is 446 g/mol. The lowest BCUT2D eigenvalue weighted by molar-refractivity contribution is 0.130. The van der Waals surface area contributed by atoms with E-state index in [1.807, 2.05) is 12.4 Å². The number of rotatable bonds is 6. The van der Waals surface area contributed by atoms with Gasteiger partial charge in [0.1, 0.15) is 11.8 Å². The van der Waals surface area contributed by atoms with Crippen LogP contribution in [0.4, 0.5) is 6.01 Å². The van der Waals surface area contributed by atoms with Crippen LogP contribution in [-0.4, -0.2) is 48.9 Å². The van der Waals surface area contributed by atoms with Gasteiger partial charge in [0, 0.05) is 25.2 Å². The first-order valence-corrected chi connectivity index (χ1v) is 11.8. The molecular weight excluding hydrogens is 422 g/mol. The maximum Gasteiger partial charge on any atom is 0.324 e. The van der Waals surface area contributed by atoms with Crippen LogP contribution in [0.3, 0.4) is 0 Å². The van der Waals surface area contributed by atoms with Crippen LogP contribution in [0.2, 0.25) is 0 Å². The standard InChI is InChI=1S/C19H23N7O2S2/c1-11(2)16-22-17(28-24-16)25-6-4-13(5-7-25)12(3)27-19-23-26-9-14(21-18(26)30-19)15-8-20-10-29-15/h8-13H,4-7H2,1-3H3. The Bertz CT molecular complexity index is 1080. The molecule has 1 atom stereocenters. The lowest BCUT2D eigenvalue weighted by Crippen LogP contribution is -2.38. The van der Waals surface area contributed by atoms with Crippen LogP contribution in [0.25, 0.3) is 15.5 Å². The van der Waals surface area contributed by atoms with Gasteiger partial charge in [-0.2, -0.15) is 4.98 Å². The van der Waals surface area contributed by atoms with E-state index in [0.29, 0.717) is 17.1 Å². The average Bonchev–Trinajstić information content (AvgIpc) is 3.50. The molecule has 0 bridgehead atoms. The van der Waals surface area contributed by atoms with Crippen molar-refractivity contribution in [1.82, 2.24) is 29.7 Å². The zero-order chi connectivity index (χ0) is 20.7. The van der Waals surface area contributed by atoms with E-state index in [4.69, 9.17) is 9.26 Å². The Morgan fingerprint density at radius 1 is 1.20 bits per heavy atom. The van der Waals surface area contributed by atoms with Crippen molar-refractivity contribution < 1.29 is 9.26 Å². The minimum Gasteiger partial charge on any atom is -0.466 e. The number of aromatic nitrogens is 6. The van der Waals surface area contributed by atoms with Gasteiger partial charge in [0.25, 0.3) is 5.19 Å². The molecule has 0 saturated carbocycles. The quantitative estimate of drug-likeness (QED) is 0.438. The minimum absolute atomic E-state index is 0.0814. The summed E-state index contributed by atoms with van der Waals surface area (Å²) in [6.07, 6.45) is 5.85. The largest absolute Gasteiger partial charge is 0.466 e. The van der Waals surface area contributed by atoms with Crippen LogP contribution in [-0.2, 0) is 0 Å². The zero-order valence-corrected chi connectivity index (χ0v) is 18.7. The molecule has 0 spiro atoms. The molecular formula is C19H23N7O2S2. The highest BCUT2D eigenvalue weighted by Gasteiger charge is 2.28. The molecule has 1 fully saturated rings. The molecule has 1 unspecified atom stereocenters. The van der Waals surface area contributed by atoms with Crippen molar-refractivity contribution in [3.05, 3.63) is 23.7 Å². The van der Waals surface area contributed by atoms with E-state index >= 15 is 0 Å². The van der Waals surface area contributed by atoms with Crippen molar-refractivity contribution >= 4 is 33.6 Å². The molecule has 0 aromatic carbocycles. The fourth-order valence-corrected chi connectivity index (χ4v) is 4.99. The number of thiazole rings is 1. The van der Waals surface area contributed by atoms with Gasteiger partial charge in [0.15, 0.2) is 5.82 Å². The first-order chi connectivity index (χ1) is 14.6. The number of hydrogen-bond donors (Lipinski definition) is 0. The van der Waals surface area contributed by atoms with Crippen molar-refractivity contribution in [2.24, 2.45) is 5.92 Å². The van der Waals surface area contributed by atoms with Gasteiger partial charge in [0.2, 0.25) is 4.96 Å². The lowest BCUT2D eigenvalue weighted by atomic mass is 9.92. The van der Waals surface area contributed by atoms with E-state index in [0.717, 1.165) is 47.3 Å². The first-order valence-electron chi connectivity index (χ1n) is 10.1. The summed E-state index contributed by atoms with van der Waals surface area (Å²) >= 11 is 3.04. The predicted octanol–water partition coefficient (Wildman–Crippen LogP) is 4.10. The third-order valence-corrected chi connectivity index (χ3v) is 7.03. The molecule has 0 N–H and O–H groups in total. The Labute approximate surface area is 181 Å². The topological polar surface area (TPSA) is 94.5 Å². The first kappa shape index (κ1) is 19.4. The van der Waals surface area contributed by atoms with Gasteiger partial charge in [-0.05, 0) is 37.0 Å². The van der Waals surface area contributed by atoms with Gasteiger partial charge in [0.05, 0.1) is 16.6 Å². The Morgan fingerprint density at radius 2 is 2.03 bits per heavy atom. The van der Waals surface area contributed by atoms with Crippen LogP contribution >= 0.6 is 22.7 Å². The van der Waals surface area contributed by atoms with Crippen molar-refractivity contribution in [1.29, 1.82) is 0 Å². The van der Waals surface area contributed by atoms with E-state index in [1.54, 1.807) is 21.4 Å². The summed E-state index contributed by atoms with van der Waals surface area (Å²) in [6, 6.07) is 0.628. The van der Waals surface area contributed by atoms with Gasteiger partial charge >= 0.3 is 6.01 Å². The van der Waals surface area contributed by atoms with Crippen molar-refractivity contribution in [2.45, 2.75) is 45.6 Å². The second-order valence-electron chi connectivity index (χ2n) is 7.82. The second-order valence-corrected chi connectivity index (χ2v) is 9.63. The SMILES string of the molecule is CC(C)c1noc(N2CCC(C(C)Oc3nn4cc(-c5cncs5)nc4s3)CC2)n1. The molecule has 4 aromatic rings. The fourth-order valence-electron chi connectivity index (χ4n) is 3.60. The maximum absolute atomic E-state index is 6.17. The summed E-state index contributed by atoms with van der Waals surface area (Å²) in [7, 11) is 0. The third-order valence-electron chi connectivity index (χ3n) is 5.42. The molecule has 0 amide bonds. The van der Waals surface area contributed by atoms with Crippen molar-refractivity contribution in [3.8, 4) is 15.8 Å². The molecule has 4 aromatic heterocycles. The number of nitrogens with zero attached hydrogens (tertiary/aromatic N) is 7. The van der Waals surface area contributed by atoms with Gasteiger partial charge < -0.3 is 14.2 Å². The molecule has 0 radical (unpaired) electrons. The molecule has 0 aliphatic carbocycles. The van der Waals surface area contributed by atoms with Crippen LogP contribution in [0.1, 0.15) is 45.4 Å². The normalized spacial score (nSPS) is 16.6. The van der Waals surface area contributed by atoms with E-state index in [-0.39, 0.29) is 12.0 Å². The van der Waals surface area contributed by atoms with Crippen LogP contribution in [0.5, 0.6) is 5.19 Å². The number of anilines is 1. The van der Waals surface area contributed by atoms with Crippen molar-refractivity contribution in [2.75, 3.05) is 18.0 Å². The lowest BCUT2D eigenvalue weighted by Gasteiger charge is -2.33. The summed E-state index contributed by atoms with van der Waals surface area (Å²) in [5, 5.41) is 9.27. The Morgan fingerprint density at radius 3 is 2.70 bits per heavy atom. The molecule has 1 aliphatic rings. The Kier molecular flexibility index (Phi) is 5.15. The number of fused-ring (bicyclic) bond motifs is 1. The summed E-state index contributed by atoms with van der Waals surface area (Å²) in [5.74, 6) is 1.49. The molecule has 158 valence electrons. The number of ether oxygens (including phenoxy) is 1. The third kappa shape index (κ3) is 3.79. The zero-order valence-electron chi connectivity index (χ0n) is 17.1. The van der Waals surface area contributed by atoms with E-state index in [9.17, 15) is 0 Å². The molecule has 11 heteroatoms. The van der Waals surface area contributed by atoms with Gasteiger partial charge in [-0.3, -0.25) is 4.98 Å². The molecule has 5 heterocycles. The number of piperidine rings is 1. The van der Waals surface area contributed by atoms with E-state index in [1.165, 1.54) is 11.3 Å². The summed E-state index contributed by atoms with van der Waals surface area (Å²) < 4.78 is 13.4. The monoisotopic (exact) mass is 445 g/mol. The highest BCUT2D eigenvalue weighted by molar-refractivity contribution is 7.18. The Hall–Kier alpha value is -2.53. The predicted molar refractivity (Wildman–Crippen MR) is 115 cm³/mol. The molecule has 30 heavy (non-hydrogen) atoms. The van der Waals surface area contributed by atoms with Gasteiger partial charge in [-0.1, -0.05) is 19.0 Å². The minimum atomic E-state index is 0.0814. The van der Waals surface area contributed by atoms with Crippen LogP contribution in [0, 0.1) is 5.92 Å². The molecule has 1 saturated heterocycles. The summed E-state index contributed by atoms with van der Waals surface area (Å²) in [4.78, 5) is 17.3. The maximum atomic E-state index is 6.17. The van der Waals surface area contributed by atoms with Crippen LogP contribution in [0.15, 0.2) is 22.4 Å². The number of imidazole rings is 1. The summed E-state index contributed by atoms with van der Waals surface area (Å²) in [6.45, 7) is 8.03. The van der Waals surface area contributed by atoms with Gasteiger partial charge in [-0.25, -0.2) is 9.50 Å².